The fraction of sp³-hybridized carbons (Fsp3) is 0.259. The van der Waals surface area contributed by atoms with E-state index in [1.54, 1.807) is 0 Å². The van der Waals surface area contributed by atoms with Crippen molar-refractivity contribution in [1.29, 1.82) is 0 Å². The molecule has 0 radical (unpaired) electrons. The first-order valence-electron chi connectivity index (χ1n) is 11.8. The second-order valence-electron chi connectivity index (χ2n) is 8.80. The van der Waals surface area contributed by atoms with Gasteiger partial charge in [0, 0.05) is 35.7 Å². The Morgan fingerprint density at radius 1 is 1.06 bits per heavy atom. The van der Waals surface area contributed by atoms with E-state index in [9.17, 15) is 9.59 Å². The summed E-state index contributed by atoms with van der Waals surface area (Å²) in [5.74, 6) is -0.242. The van der Waals surface area contributed by atoms with Gasteiger partial charge in [0.25, 0.3) is 5.91 Å². The van der Waals surface area contributed by atoms with Gasteiger partial charge in [-0.15, -0.1) is 11.3 Å². The first-order valence-corrected chi connectivity index (χ1v) is 12.6. The molecular weight excluding hydrogens is 458 g/mol. The monoisotopic (exact) mass is 485 g/mol. The number of nitrogens with one attached hydrogen (secondary N) is 2. The highest BCUT2D eigenvalue weighted by Gasteiger charge is 2.27. The van der Waals surface area contributed by atoms with E-state index in [-0.39, 0.29) is 11.8 Å². The van der Waals surface area contributed by atoms with Crippen LogP contribution in [0.15, 0.2) is 53.9 Å². The Labute approximate surface area is 208 Å². The minimum atomic E-state index is -0.219. The standard InChI is InChI=1S/C27H27N5O2S/c1-17-6-12-21(13-7-17)32-24-5-3-4-22(24)25(31-32)26(34)30-27-29-23(16-35-27)20-10-8-19(9-11-20)14-15-28-18(2)33/h6-13,16H,3-5,14-15H2,1-2H3,(H,28,33)(H,29,30,34). The fourth-order valence-corrected chi connectivity index (χ4v) is 5.08. The lowest BCUT2D eigenvalue weighted by Crippen LogP contribution is -2.22. The summed E-state index contributed by atoms with van der Waals surface area (Å²) in [6.45, 7) is 4.19. The van der Waals surface area contributed by atoms with Gasteiger partial charge in [-0.3, -0.25) is 14.9 Å². The molecule has 0 saturated carbocycles. The van der Waals surface area contributed by atoms with Crippen LogP contribution in [0.25, 0.3) is 16.9 Å². The van der Waals surface area contributed by atoms with Crippen molar-refractivity contribution in [3.05, 3.63) is 82.0 Å². The van der Waals surface area contributed by atoms with E-state index in [2.05, 4.69) is 34.7 Å². The number of hydrogen-bond donors (Lipinski definition) is 2. The summed E-state index contributed by atoms with van der Waals surface area (Å²) < 4.78 is 1.91. The molecule has 2 N–H and O–H groups in total. The van der Waals surface area contributed by atoms with Crippen LogP contribution in [0.3, 0.4) is 0 Å². The maximum Gasteiger partial charge on any atom is 0.278 e. The molecule has 0 unspecified atom stereocenters. The Kier molecular flexibility index (Phi) is 6.46. The SMILES string of the molecule is CC(=O)NCCc1ccc(-c2csc(NC(=O)c3nn(-c4ccc(C)cc4)c4c3CCC4)n2)cc1. The van der Waals surface area contributed by atoms with Gasteiger partial charge >= 0.3 is 0 Å². The fourth-order valence-electron chi connectivity index (χ4n) is 4.36. The van der Waals surface area contributed by atoms with E-state index in [0.29, 0.717) is 17.4 Å². The molecule has 8 heteroatoms. The second kappa shape index (κ2) is 9.84. The molecule has 0 atom stereocenters. The van der Waals surface area contributed by atoms with Crippen molar-refractivity contribution < 1.29 is 9.59 Å². The number of carbonyl (C=O) groups is 2. The molecule has 2 heterocycles. The molecule has 2 aromatic carbocycles. The lowest BCUT2D eigenvalue weighted by atomic mass is 10.1. The van der Waals surface area contributed by atoms with Gasteiger partial charge in [0.05, 0.1) is 11.4 Å². The third-order valence-corrected chi connectivity index (χ3v) is 6.94. The Balaban J connectivity index is 1.29. The third kappa shape index (κ3) is 5.02. The van der Waals surface area contributed by atoms with Gasteiger partial charge in [-0.1, -0.05) is 42.0 Å². The molecule has 4 aromatic rings. The van der Waals surface area contributed by atoms with Crippen LogP contribution in [0.1, 0.15) is 46.2 Å². The molecule has 2 amide bonds. The van der Waals surface area contributed by atoms with Crippen molar-refractivity contribution in [3.63, 3.8) is 0 Å². The number of anilines is 1. The summed E-state index contributed by atoms with van der Waals surface area (Å²) in [7, 11) is 0. The number of nitrogens with zero attached hydrogens (tertiary/aromatic N) is 3. The first-order chi connectivity index (χ1) is 17.0. The van der Waals surface area contributed by atoms with E-state index < -0.39 is 0 Å². The molecule has 0 saturated heterocycles. The van der Waals surface area contributed by atoms with Crippen LogP contribution in [0.5, 0.6) is 0 Å². The molecule has 35 heavy (non-hydrogen) atoms. The number of rotatable bonds is 7. The summed E-state index contributed by atoms with van der Waals surface area (Å²) in [4.78, 5) is 28.8. The van der Waals surface area contributed by atoms with Gasteiger partial charge in [-0.25, -0.2) is 9.67 Å². The number of aromatic nitrogens is 3. The molecule has 1 aliphatic carbocycles. The van der Waals surface area contributed by atoms with Crippen LogP contribution in [0.2, 0.25) is 0 Å². The topological polar surface area (TPSA) is 88.9 Å². The van der Waals surface area contributed by atoms with Crippen molar-refractivity contribution in [1.82, 2.24) is 20.1 Å². The Bertz CT molecular complexity index is 1370. The van der Waals surface area contributed by atoms with Crippen molar-refractivity contribution in [3.8, 4) is 16.9 Å². The number of fused-ring (bicyclic) bond motifs is 1. The first kappa shape index (κ1) is 23.0. The normalized spacial score (nSPS) is 12.4. The van der Waals surface area contributed by atoms with Crippen LogP contribution in [-0.2, 0) is 24.1 Å². The highest BCUT2D eigenvalue weighted by molar-refractivity contribution is 7.14. The predicted octanol–water partition coefficient (Wildman–Crippen LogP) is 4.72. The number of benzene rings is 2. The van der Waals surface area contributed by atoms with Crippen LogP contribution >= 0.6 is 11.3 Å². The van der Waals surface area contributed by atoms with E-state index in [1.807, 2.05) is 46.5 Å². The molecule has 7 nitrogen and oxygen atoms in total. The lowest BCUT2D eigenvalue weighted by molar-refractivity contribution is -0.118. The smallest absolute Gasteiger partial charge is 0.278 e. The highest BCUT2D eigenvalue weighted by Crippen LogP contribution is 2.30. The van der Waals surface area contributed by atoms with Gasteiger partial charge in [-0.2, -0.15) is 5.10 Å². The van der Waals surface area contributed by atoms with Crippen molar-refractivity contribution in [2.45, 2.75) is 39.5 Å². The highest BCUT2D eigenvalue weighted by atomic mass is 32.1. The Morgan fingerprint density at radius 2 is 1.83 bits per heavy atom. The molecule has 1 aliphatic rings. The average Bonchev–Trinajstić information content (AvgIpc) is 3.57. The summed E-state index contributed by atoms with van der Waals surface area (Å²) in [5, 5.41) is 12.9. The van der Waals surface area contributed by atoms with Crippen molar-refractivity contribution >= 4 is 28.3 Å². The van der Waals surface area contributed by atoms with Gasteiger partial charge in [0.15, 0.2) is 10.8 Å². The van der Waals surface area contributed by atoms with Gasteiger partial charge < -0.3 is 5.32 Å². The minimum absolute atomic E-state index is 0.0226. The summed E-state index contributed by atoms with van der Waals surface area (Å²) in [6.07, 6.45) is 3.59. The second-order valence-corrected chi connectivity index (χ2v) is 9.65. The molecule has 0 spiro atoms. The average molecular weight is 486 g/mol. The molecule has 5 rings (SSSR count). The Hall–Kier alpha value is -3.78. The zero-order chi connectivity index (χ0) is 24.4. The third-order valence-electron chi connectivity index (χ3n) is 6.19. The number of thiazole rings is 1. The lowest BCUT2D eigenvalue weighted by Gasteiger charge is -2.05. The number of hydrogen-bond acceptors (Lipinski definition) is 5. The summed E-state index contributed by atoms with van der Waals surface area (Å²) >= 11 is 1.40. The van der Waals surface area contributed by atoms with Crippen molar-refractivity contribution in [2.75, 3.05) is 11.9 Å². The van der Waals surface area contributed by atoms with Gasteiger partial charge in [0.2, 0.25) is 5.91 Å². The van der Waals surface area contributed by atoms with E-state index >= 15 is 0 Å². The minimum Gasteiger partial charge on any atom is -0.356 e. The number of carbonyl (C=O) groups excluding carboxylic acids is 2. The quantitative estimate of drug-likeness (QED) is 0.396. The van der Waals surface area contributed by atoms with Crippen molar-refractivity contribution in [2.24, 2.45) is 0 Å². The van der Waals surface area contributed by atoms with E-state index in [1.165, 1.54) is 23.8 Å². The maximum atomic E-state index is 13.2. The Morgan fingerprint density at radius 3 is 2.57 bits per heavy atom. The summed E-state index contributed by atoms with van der Waals surface area (Å²) in [5.41, 5.74) is 7.75. The molecule has 0 bridgehead atoms. The zero-order valence-corrected chi connectivity index (χ0v) is 20.6. The maximum absolute atomic E-state index is 13.2. The molecular formula is C27H27N5O2S. The molecule has 178 valence electrons. The van der Waals surface area contributed by atoms with Crippen LogP contribution in [0.4, 0.5) is 5.13 Å². The van der Waals surface area contributed by atoms with E-state index in [4.69, 9.17) is 5.10 Å². The van der Waals surface area contributed by atoms with Crippen LogP contribution < -0.4 is 10.6 Å². The number of aryl methyl sites for hydroxylation is 1. The summed E-state index contributed by atoms with van der Waals surface area (Å²) in [6, 6.07) is 16.3. The predicted molar refractivity (Wildman–Crippen MR) is 138 cm³/mol. The van der Waals surface area contributed by atoms with Gasteiger partial charge in [0.1, 0.15) is 0 Å². The molecule has 0 fully saturated rings. The van der Waals surface area contributed by atoms with Gasteiger partial charge in [-0.05, 0) is 50.3 Å². The van der Waals surface area contributed by atoms with Crippen LogP contribution in [0, 0.1) is 6.92 Å². The van der Waals surface area contributed by atoms with E-state index in [0.717, 1.165) is 59.4 Å². The number of amides is 2. The zero-order valence-electron chi connectivity index (χ0n) is 19.8. The largest absolute Gasteiger partial charge is 0.356 e. The molecule has 0 aliphatic heterocycles. The molecule has 2 aromatic heterocycles. The van der Waals surface area contributed by atoms with Crippen LogP contribution in [-0.4, -0.2) is 33.1 Å².